The Balaban J connectivity index is 1.48. The second-order valence-electron chi connectivity index (χ2n) is 6.14. The van der Waals surface area contributed by atoms with E-state index in [1.165, 1.54) is 36.4 Å². The molecule has 0 spiro atoms. The number of halogens is 1. The van der Waals surface area contributed by atoms with E-state index in [0.717, 1.165) is 11.3 Å². The second-order valence-corrected chi connectivity index (χ2v) is 7.22. The molecule has 3 N–H and O–H groups in total. The molecule has 1 aliphatic rings. The van der Waals surface area contributed by atoms with Crippen molar-refractivity contribution in [3.8, 4) is 0 Å². The van der Waals surface area contributed by atoms with Crippen molar-refractivity contribution in [2.24, 2.45) is 0 Å². The minimum atomic E-state index is -1.05. The maximum absolute atomic E-state index is 12.9. The number of rotatable bonds is 4. The summed E-state index contributed by atoms with van der Waals surface area (Å²) in [5.41, 5.74) is 0.494. The predicted molar refractivity (Wildman–Crippen MR) is 98.8 cm³/mol. The van der Waals surface area contributed by atoms with Crippen molar-refractivity contribution in [1.82, 2.24) is 10.2 Å². The van der Waals surface area contributed by atoms with Crippen molar-refractivity contribution in [3.63, 3.8) is 0 Å². The fourth-order valence-corrected chi connectivity index (χ4v) is 3.65. The van der Waals surface area contributed by atoms with Crippen molar-refractivity contribution in [3.05, 3.63) is 52.0 Å². The highest BCUT2D eigenvalue weighted by molar-refractivity contribution is 7.15. The van der Waals surface area contributed by atoms with Crippen LogP contribution in [-0.2, 0) is 0 Å². The number of benzene rings is 1. The lowest BCUT2D eigenvalue weighted by atomic mass is 10.1. The minimum Gasteiger partial charge on any atom is -0.477 e. The molecule has 1 aliphatic heterocycles. The molecule has 2 aromatic rings. The zero-order valence-electron chi connectivity index (χ0n) is 14.3. The van der Waals surface area contributed by atoms with Gasteiger partial charge in [-0.25, -0.2) is 14.0 Å². The first-order valence-corrected chi connectivity index (χ1v) is 9.19. The van der Waals surface area contributed by atoms with Crippen molar-refractivity contribution in [1.29, 1.82) is 0 Å². The topological polar surface area (TPSA) is 98.7 Å². The van der Waals surface area contributed by atoms with E-state index >= 15 is 0 Å². The van der Waals surface area contributed by atoms with Gasteiger partial charge >= 0.3 is 12.0 Å². The number of urea groups is 1. The van der Waals surface area contributed by atoms with Gasteiger partial charge in [-0.15, -0.1) is 11.3 Å². The van der Waals surface area contributed by atoms with E-state index in [4.69, 9.17) is 5.11 Å². The Labute approximate surface area is 158 Å². The largest absolute Gasteiger partial charge is 0.477 e. The Hall–Kier alpha value is -2.94. The molecule has 142 valence electrons. The fraction of sp³-hybridized carbons (Fsp3) is 0.278. The molecule has 1 aromatic carbocycles. The maximum Gasteiger partial charge on any atom is 0.345 e. The van der Waals surface area contributed by atoms with Crippen molar-refractivity contribution in [2.45, 2.75) is 18.9 Å². The number of anilines is 1. The molecule has 1 saturated heterocycles. The third-order valence-corrected chi connectivity index (χ3v) is 5.31. The van der Waals surface area contributed by atoms with Gasteiger partial charge in [-0.2, -0.15) is 0 Å². The molecule has 1 fully saturated rings. The lowest BCUT2D eigenvalue weighted by molar-refractivity contribution is 0.0698. The fourth-order valence-electron chi connectivity index (χ4n) is 2.84. The lowest BCUT2D eigenvalue weighted by Crippen LogP contribution is -2.47. The van der Waals surface area contributed by atoms with Gasteiger partial charge in [0, 0.05) is 24.8 Å². The van der Waals surface area contributed by atoms with E-state index in [0.29, 0.717) is 36.5 Å². The first-order valence-electron chi connectivity index (χ1n) is 8.38. The molecule has 3 amide bonds. The number of piperidine rings is 1. The molecule has 0 saturated carbocycles. The number of hydrogen-bond donors (Lipinski definition) is 3. The Morgan fingerprint density at radius 1 is 1.04 bits per heavy atom. The number of carboxylic acids is 1. The van der Waals surface area contributed by atoms with E-state index in [-0.39, 0.29) is 28.7 Å². The first-order chi connectivity index (χ1) is 12.9. The maximum atomic E-state index is 12.9. The average Bonchev–Trinajstić information content (AvgIpc) is 3.14. The van der Waals surface area contributed by atoms with Crippen molar-refractivity contribution >= 4 is 34.9 Å². The van der Waals surface area contributed by atoms with E-state index in [9.17, 15) is 18.8 Å². The molecular formula is C18H18FN3O4S. The van der Waals surface area contributed by atoms with Crippen LogP contribution in [0.3, 0.4) is 0 Å². The van der Waals surface area contributed by atoms with E-state index < -0.39 is 5.97 Å². The summed E-state index contributed by atoms with van der Waals surface area (Å²) in [6.45, 7) is 0.946. The number of amides is 3. The Kier molecular flexibility index (Phi) is 5.70. The third kappa shape index (κ3) is 4.82. The summed E-state index contributed by atoms with van der Waals surface area (Å²) in [6, 6.07) is 7.97. The second kappa shape index (κ2) is 8.17. The summed E-state index contributed by atoms with van der Waals surface area (Å²) >= 11 is 0.959. The van der Waals surface area contributed by atoms with Crippen LogP contribution in [0.5, 0.6) is 0 Å². The van der Waals surface area contributed by atoms with Gasteiger partial charge in [0.1, 0.15) is 10.7 Å². The summed E-state index contributed by atoms with van der Waals surface area (Å²) < 4.78 is 12.9. The van der Waals surface area contributed by atoms with Gasteiger partial charge in [0.25, 0.3) is 5.91 Å². The summed E-state index contributed by atoms with van der Waals surface area (Å²) in [6.07, 6.45) is 1.19. The summed E-state index contributed by atoms with van der Waals surface area (Å²) in [5, 5.41) is 14.4. The van der Waals surface area contributed by atoms with Gasteiger partial charge in [0.05, 0.1) is 4.88 Å². The monoisotopic (exact) mass is 391 g/mol. The Bertz CT molecular complexity index is 845. The number of carbonyl (C=O) groups excluding carboxylic acids is 2. The Morgan fingerprint density at radius 2 is 1.67 bits per heavy atom. The van der Waals surface area contributed by atoms with Crippen LogP contribution in [0.15, 0.2) is 36.4 Å². The number of hydrogen-bond acceptors (Lipinski definition) is 4. The van der Waals surface area contributed by atoms with Crippen LogP contribution >= 0.6 is 11.3 Å². The number of likely N-dealkylation sites (tertiary alicyclic amines) is 1. The molecule has 7 nitrogen and oxygen atoms in total. The molecular weight excluding hydrogens is 373 g/mol. The lowest BCUT2D eigenvalue weighted by Gasteiger charge is -2.32. The van der Waals surface area contributed by atoms with Crippen LogP contribution in [0.4, 0.5) is 14.9 Å². The van der Waals surface area contributed by atoms with Gasteiger partial charge < -0.3 is 20.6 Å². The molecule has 3 rings (SSSR count). The molecule has 0 bridgehead atoms. The predicted octanol–water partition coefficient (Wildman–Crippen LogP) is 3.01. The average molecular weight is 391 g/mol. The smallest absolute Gasteiger partial charge is 0.345 e. The quantitative estimate of drug-likeness (QED) is 0.746. The summed E-state index contributed by atoms with van der Waals surface area (Å²) in [4.78, 5) is 37.6. The van der Waals surface area contributed by atoms with Crippen molar-refractivity contribution in [2.75, 3.05) is 18.4 Å². The van der Waals surface area contributed by atoms with E-state index in [1.54, 1.807) is 4.90 Å². The van der Waals surface area contributed by atoms with E-state index in [2.05, 4.69) is 10.6 Å². The van der Waals surface area contributed by atoms with Gasteiger partial charge in [0.2, 0.25) is 0 Å². The molecule has 0 unspecified atom stereocenters. The number of thiophene rings is 1. The molecule has 1 aromatic heterocycles. The highest BCUT2D eigenvalue weighted by Gasteiger charge is 2.26. The normalized spacial score (nSPS) is 14.6. The zero-order chi connectivity index (χ0) is 19.4. The summed E-state index contributed by atoms with van der Waals surface area (Å²) in [5.74, 6) is -1.62. The SMILES string of the molecule is O=C(Nc1ccc(F)cc1)NC1CCN(C(=O)c2ccc(C(=O)O)s2)CC1. The van der Waals surface area contributed by atoms with Gasteiger partial charge in [-0.1, -0.05) is 0 Å². The highest BCUT2D eigenvalue weighted by Crippen LogP contribution is 2.21. The van der Waals surface area contributed by atoms with Crippen LogP contribution in [0, 0.1) is 5.82 Å². The molecule has 9 heteroatoms. The number of nitrogens with zero attached hydrogens (tertiary/aromatic N) is 1. The van der Waals surface area contributed by atoms with Gasteiger partial charge in [-0.05, 0) is 49.2 Å². The number of carbonyl (C=O) groups is 3. The molecule has 27 heavy (non-hydrogen) atoms. The molecule has 0 radical (unpaired) electrons. The van der Waals surface area contributed by atoms with Crippen LogP contribution in [0.1, 0.15) is 32.2 Å². The Morgan fingerprint density at radius 3 is 2.26 bits per heavy atom. The van der Waals surface area contributed by atoms with Crippen LogP contribution in [0.25, 0.3) is 0 Å². The number of carboxylic acid groups (broad SMARTS) is 1. The number of nitrogens with one attached hydrogen (secondary N) is 2. The van der Waals surface area contributed by atoms with Crippen molar-refractivity contribution < 1.29 is 23.9 Å². The number of aromatic carboxylic acids is 1. The third-order valence-electron chi connectivity index (χ3n) is 4.25. The van der Waals surface area contributed by atoms with Crippen LogP contribution in [0.2, 0.25) is 0 Å². The van der Waals surface area contributed by atoms with E-state index in [1.807, 2.05) is 0 Å². The summed E-state index contributed by atoms with van der Waals surface area (Å²) in [7, 11) is 0. The van der Waals surface area contributed by atoms with Crippen LogP contribution < -0.4 is 10.6 Å². The molecule has 0 atom stereocenters. The highest BCUT2D eigenvalue weighted by atomic mass is 32.1. The molecule has 0 aliphatic carbocycles. The first kappa shape index (κ1) is 18.8. The van der Waals surface area contributed by atoms with Gasteiger partial charge in [-0.3, -0.25) is 4.79 Å². The standard InChI is InChI=1S/C18H18FN3O4S/c19-11-1-3-12(4-2-11)20-18(26)21-13-7-9-22(10-8-13)16(23)14-5-6-15(27-14)17(24)25/h1-6,13H,7-10H2,(H,24,25)(H2,20,21,26). The zero-order valence-corrected chi connectivity index (χ0v) is 15.1. The van der Waals surface area contributed by atoms with Gasteiger partial charge in [0.15, 0.2) is 0 Å². The van der Waals surface area contributed by atoms with Crippen LogP contribution in [-0.4, -0.2) is 47.0 Å². The minimum absolute atomic E-state index is 0.0765. The molecule has 2 heterocycles.